The Bertz CT molecular complexity index is 1340. The normalized spacial score (nSPS) is 10.9. The van der Waals surface area contributed by atoms with Crippen LogP contribution in [-0.2, 0) is 9.47 Å². The number of rotatable bonds is 7. The number of benzene rings is 2. The molecule has 0 aliphatic heterocycles. The van der Waals surface area contributed by atoms with Gasteiger partial charge in [-0.3, -0.25) is 4.79 Å². The number of carbonyl (C=O) groups is 3. The van der Waals surface area contributed by atoms with Crippen molar-refractivity contribution in [2.24, 2.45) is 0 Å². The van der Waals surface area contributed by atoms with Gasteiger partial charge in [0, 0.05) is 11.3 Å². The molecule has 8 heteroatoms. The van der Waals surface area contributed by atoms with Gasteiger partial charge in [-0.25, -0.2) is 14.6 Å². The number of carbonyl (C=O) groups excluding carboxylic acids is 3. The number of nitrogens with zero attached hydrogens (tertiary/aromatic N) is 1. The highest BCUT2D eigenvalue weighted by molar-refractivity contribution is 7.21. The van der Waals surface area contributed by atoms with Crippen LogP contribution in [0.25, 0.3) is 20.8 Å². The second kappa shape index (κ2) is 9.38. The van der Waals surface area contributed by atoms with E-state index in [0.29, 0.717) is 33.0 Å². The van der Waals surface area contributed by atoms with E-state index in [1.54, 1.807) is 39.0 Å². The number of ether oxygens (including phenoxy) is 2. The van der Waals surface area contributed by atoms with Crippen LogP contribution in [0.1, 0.15) is 49.4 Å². The summed E-state index contributed by atoms with van der Waals surface area (Å²) in [6.07, 6.45) is 0. The lowest BCUT2D eigenvalue weighted by atomic mass is 10.1. The number of aryl methyl sites for hydroxylation is 1. The molecule has 0 fully saturated rings. The Kier molecular flexibility index (Phi) is 6.37. The van der Waals surface area contributed by atoms with Gasteiger partial charge in [0.25, 0.3) is 0 Å². The van der Waals surface area contributed by atoms with Gasteiger partial charge in [-0.1, -0.05) is 30.3 Å². The van der Waals surface area contributed by atoms with Crippen LogP contribution in [0.15, 0.2) is 48.5 Å². The van der Waals surface area contributed by atoms with E-state index < -0.39 is 24.3 Å². The Hall–Kier alpha value is -3.78. The number of fused-ring (bicyclic) bond motifs is 1. The first-order chi connectivity index (χ1) is 15.9. The molecule has 2 aromatic carbocycles. The second-order valence-electron chi connectivity index (χ2n) is 7.38. The monoisotopic (exact) mass is 462 g/mol. The molecular weight excluding hydrogens is 440 g/mol. The van der Waals surface area contributed by atoms with Crippen LogP contribution in [0.5, 0.6) is 0 Å². The fraction of sp³-hybridized carbons (Fsp3) is 0.200. The number of ketones is 1. The molecule has 2 heterocycles. The molecule has 4 rings (SSSR count). The van der Waals surface area contributed by atoms with Gasteiger partial charge in [0.15, 0.2) is 6.61 Å². The zero-order chi connectivity index (χ0) is 23.5. The lowest BCUT2D eigenvalue weighted by Gasteiger charge is -2.08. The van der Waals surface area contributed by atoms with Crippen molar-refractivity contribution in [3.8, 4) is 10.6 Å². The van der Waals surface area contributed by atoms with Crippen LogP contribution in [0.3, 0.4) is 0 Å². The molecular formula is C25H22N2O5S. The summed E-state index contributed by atoms with van der Waals surface area (Å²) in [4.78, 5) is 45.3. The van der Waals surface area contributed by atoms with Crippen molar-refractivity contribution in [1.82, 2.24) is 9.97 Å². The van der Waals surface area contributed by atoms with Gasteiger partial charge in [0.2, 0.25) is 5.78 Å². The van der Waals surface area contributed by atoms with Crippen LogP contribution >= 0.6 is 11.3 Å². The zero-order valence-electron chi connectivity index (χ0n) is 18.4. The molecule has 4 aromatic rings. The van der Waals surface area contributed by atoms with Crippen LogP contribution in [-0.4, -0.2) is 40.9 Å². The topological polar surface area (TPSA) is 98.4 Å². The number of nitrogens with one attached hydrogen (secondary N) is 1. The molecule has 0 saturated heterocycles. The minimum absolute atomic E-state index is 0.225. The summed E-state index contributed by atoms with van der Waals surface area (Å²) in [5.41, 5.74) is 3.38. The first kappa shape index (κ1) is 22.4. The summed E-state index contributed by atoms with van der Waals surface area (Å²) in [6.45, 7) is 4.84. The van der Waals surface area contributed by atoms with Crippen molar-refractivity contribution in [3.05, 3.63) is 76.6 Å². The predicted octanol–water partition coefficient (Wildman–Crippen LogP) is 5.12. The average molecular weight is 463 g/mol. The summed E-state index contributed by atoms with van der Waals surface area (Å²) >= 11 is 1.48. The number of hydrogen-bond acceptors (Lipinski definition) is 7. The SMILES string of the molecule is CCOC(=O)c1c(C)[nH]c(C(=O)COC(=O)c2ccccc2-c2nc3ccccc3s2)c1C. The molecule has 7 nitrogen and oxygen atoms in total. The van der Waals surface area contributed by atoms with Crippen LogP contribution < -0.4 is 0 Å². The first-order valence-electron chi connectivity index (χ1n) is 10.4. The molecule has 0 aliphatic rings. The predicted molar refractivity (Wildman–Crippen MR) is 126 cm³/mol. The fourth-order valence-corrected chi connectivity index (χ4v) is 4.66. The number of esters is 2. The van der Waals surface area contributed by atoms with Crippen molar-refractivity contribution in [3.63, 3.8) is 0 Å². The molecule has 0 bridgehead atoms. The van der Waals surface area contributed by atoms with E-state index in [0.717, 1.165) is 10.2 Å². The maximum atomic E-state index is 12.9. The maximum Gasteiger partial charge on any atom is 0.340 e. The standard InChI is InChI=1S/C25H22N2O5S/c1-4-31-25(30)21-14(2)22(26-15(21)3)19(28)13-32-24(29)17-10-6-5-9-16(17)23-27-18-11-7-8-12-20(18)33-23/h5-12,26H,4,13H2,1-3H3. The number of hydrogen-bond donors (Lipinski definition) is 1. The Morgan fingerprint density at radius 1 is 0.970 bits per heavy atom. The van der Waals surface area contributed by atoms with Crippen LogP contribution in [0, 0.1) is 13.8 Å². The van der Waals surface area contributed by atoms with Gasteiger partial charge in [0.05, 0.1) is 33.6 Å². The van der Waals surface area contributed by atoms with Crippen molar-refractivity contribution in [2.75, 3.05) is 13.2 Å². The Labute approximate surface area is 194 Å². The van der Waals surface area contributed by atoms with Gasteiger partial charge in [-0.2, -0.15) is 0 Å². The van der Waals surface area contributed by atoms with Crippen molar-refractivity contribution in [1.29, 1.82) is 0 Å². The van der Waals surface area contributed by atoms with Crippen molar-refractivity contribution >= 4 is 39.3 Å². The lowest BCUT2D eigenvalue weighted by molar-refractivity contribution is 0.0473. The van der Waals surface area contributed by atoms with Crippen molar-refractivity contribution in [2.45, 2.75) is 20.8 Å². The Balaban J connectivity index is 1.53. The summed E-state index contributed by atoms with van der Waals surface area (Å²) in [6, 6.07) is 14.8. The summed E-state index contributed by atoms with van der Waals surface area (Å²) in [5, 5.41) is 0.699. The minimum atomic E-state index is -0.621. The molecule has 168 valence electrons. The molecule has 0 spiro atoms. The third-order valence-electron chi connectivity index (χ3n) is 5.20. The minimum Gasteiger partial charge on any atom is -0.462 e. The number of aromatic nitrogens is 2. The number of H-pyrrole nitrogens is 1. The zero-order valence-corrected chi connectivity index (χ0v) is 19.2. The Morgan fingerprint density at radius 2 is 1.70 bits per heavy atom. The highest BCUT2D eigenvalue weighted by atomic mass is 32.1. The lowest BCUT2D eigenvalue weighted by Crippen LogP contribution is -2.16. The van der Waals surface area contributed by atoms with E-state index in [9.17, 15) is 14.4 Å². The van der Waals surface area contributed by atoms with Crippen LogP contribution in [0.2, 0.25) is 0 Å². The van der Waals surface area contributed by atoms with E-state index in [1.807, 2.05) is 30.3 Å². The number of aromatic amines is 1. The molecule has 2 aromatic heterocycles. The Morgan fingerprint density at radius 3 is 2.45 bits per heavy atom. The van der Waals surface area contributed by atoms with E-state index in [4.69, 9.17) is 9.47 Å². The van der Waals surface area contributed by atoms with Gasteiger partial charge in [0.1, 0.15) is 5.01 Å². The molecule has 0 aliphatic carbocycles. The third kappa shape index (κ3) is 4.42. The molecule has 0 amide bonds. The highest BCUT2D eigenvalue weighted by Crippen LogP contribution is 2.32. The fourth-order valence-electron chi connectivity index (χ4n) is 3.65. The van der Waals surface area contributed by atoms with E-state index in [-0.39, 0.29) is 12.3 Å². The maximum absolute atomic E-state index is 12.9. The van der Waals surface area contributed by atoms with E-state index in [1.165, 1.54) is 11.3 Å². The molecule has 0 saturated carbocycles. The molecule has 1 N–H and O–H groups in total. The van der Waals surface area contributed by atoms with E-state index in [2.05, 4.69) is 9.97 Å². The number of para-hydroxylation sites is 1. The summed E-state index contributed by atoms with van der Waals surface area (Å²) in [7, 11) is 0. The smallest absolute Gasteiger partial charge is 0.340 e. The highest BCUT2D eigenvalue weighted by Gasteiger charge is 2.24. The first-order valence-corrected chi connectivity index (χ1v) is 11.2. The van der Waals surface area contributed by atoms with Gasteiger partial charge in [-0.15, -0.1) is 11.3 Å². The van der Waals surface area contributed by atoms with Gasteiger partial charge < -0.3 is 14.5 Å². The van der Waals surface area contributed by atoms with Gasteiger partial charge in [-0.05, 0) is 44.5 Å². The average Bonchev–Trinajstić information content (AvgIpc) is 3.37. The molecule has 0 atom stereocenters. The van der Waals surface area contributed by atoms with Gasteiger partial charge >= 0.3 is 11.9 Å². The third-order valence-corrected chi connectivity index (χ3v) is 6.27. The summed E-state index contributed by atoms with van der Waals surface area (Å²) in [5.74, 6) is -1.55. The second-order valence-corrected chi connectivity index (χ2v) is 8.41. The molecule has 0 radical (unpaired) electrons. The quantitative estimate of drug-likeness (QED) is 0.302. The summed E-state index contributed by atoms with van der Waals surface area (Å²) < 4.78 is 11.4. The van der Waals surface area contributed by atoms with E-state index >= 15 is 0 Å². The molecule has 33 heavy (non-hydrogen) atoms. The van der Waals surface area contributed by atoms with Crippen LogP contribution in [0.4, 0.5) is 0 Å². The molecule has 0 unspecified atom stereocenters. The largest absolute Gasteiger partial charge is 0.462 e. The van der Waals surface area contributed by atoms with Crippen molar-refractivity contribution < 1.29 is 23.9 Å². The number of thiazole rings is 1. The number of Topliss-reactive ketones (excluding diaryl/α,β-unsaturated/α-hetero) is 1.